The zero-order valence-electron chi connectivity index (χ0n) is 47.4. The second-order valence-corrected chi connectivity index (χ2v) is 19.1. The molecule has 82 heavy (non-hydrogen) atoms. The fourth-order valence-electron chi connectivity index (χ4n) is 5.97. The van der Waals surface area contributed by atoms with Crippen LogP contribution in [0.2, 0.25) is 5.02 Å². The summed E-state index contributed by atoms with van der Waals surface area (Å²) in [6.07, 6.45) is 0. The van der Waals surface area contributed by atoms with Gasteiger partial charge in [-0.05, 0) is 148 Å². The third kappa shape index (κ3) is 30.5. The molecule has 0 amide bonds. The van der Waals surface area contributed by atoms with Crippen molar-refractivity contribution >= 4 is 79.5 Å². The normalized spacial score (nSPS) is 9.39. The first-order chi connectivity index (χ1) is 38.6. The van der Waals surface area contributed by atoms with Gasteiger partial charge in [0.05, 0.1) is 11.5 Å². The van der Waals surface area contributed by atoms with Gasteiger partial charge in [-0.15, -0.1) is 0 Å². The number of aryl methyl sites for hydroxylation is 2. The predicted octanol–water partition coefficient (Wildman–Crippen LogP) is 16.7. The van der Waals surface area contributed by atoms with Crippen LogP contribution in [0.1, 0.15) is 155 Å². The van der Waals surface area contributed by atoms with Crippen molar-refractivity contribution in [2.24, 2.45) is 0 Å². The molecule has 426 valence electrons. The summed E-state index contributed by atoms with van der Waals surface area (Å²) in [5, 5.41) is 19.5. The van der Waals surface area contributed by atoms with E-state index in [1.807, 2.05) is 105 Å². The van der Waals surface area contributed by atoms with Crippen LogP contribution in [-0.2, 0) is 6.61 Å². The van der Waals surface area contributed by atoms with Gasteiger partial charge in [-0.2, -0.15) is 0 Å². The van der Waals surface area contributed by atoms with Gasteiger partial charge < -0.3 is 5.11 Å². The van der Waals surface area contributed by atoms with Gasteiger partial charge in [0.2, 0.25) is 0 Å². The summed E-state index contributed by atoms with van der Waals surface area (Å²) >= 11 is 8.89. The number of non-ortho nitro benzene ring substituents is 1. The van der Waals surface area contributed by atoms with Crippen molar-refractivity contribution < 1.29 is 52.8 Å². The summed E-state index contributed by atoms with van der Waals surface area (Å²) in [5.74, 6) is 0.143. The number of hydrogen-bond donors (Lipinski definition) is 1. The molecular weight excluding hydrogens is 1130 g/mol. The number of nitro groups is 1. The topological polar surface area (TPSA) is 200 Å². The Balaban J connectivity index is 0.000000469. The van der Waals surface area contributed by atoms with E-state index in [0.29, 0.717) is 27.3 Å². The first-order valence-electron chi connectivity index (χ1n) is 25.1. The van der Waals surface area contributed by atoms with Gasteiger partial charge in [0.1, 0.15) is 5.82 Å². The number of aliphatic hydroxyl groups is 1. The monoisotopic (exact) mass is 1190 g/mol. The van der Waals surface area contributed by atoms with Crippen LogP contribution < -0.4 is 0 Å². The molecule has 0 unspecified atom stereocenters. The number of ketones is 8. The summed E-state index contributed by atoms with van der Waals surface area (Å²) in [4.78, 5) is 95.5. The zero-order chi connectivity index (χ0) is 61.9. The lowest BCUT2D eigenvalue weighted by Crippen LogP contribution is -1.92. The molecule has 12 nitrogen and oxygen atoms in total. The van der Waals surface area contributed by atoms with Gasteiger partial charge in [-0.25, -0.2) is 4.39 Å². The summed E-state index contributed by atoms with van der Waals surface area (Å²) in [6, 6.07) is 56.5. The summed E-state index contributed by atoms with van der Waals surface area (Å²) < 4.78 is 13.2. The minimum atomic E-state index is -0.496. The molecule has 0 saturated heterocycles. The molecule has 0 spiro atoms. The molecule has 0 fully saturated rings. The van der Waals surface area contributed by atoms with Crippen LogP contribution in [0.5, 0.6) is 0 Å². The van der Waals surface area contributed by atoms with Gasteiger partial charge in [0.15, 0.2) is 46.3 Å². The lowest BCUT2D eigenvalue weighted by molar-refractivity contribution is -0.384. The van der Waals surface area contributed by atoms with E-state index in [1.54, 1.807) is 88.4 Å². The number of nitrogens with zero attached hydrogens (tertiary/aromatic N) is 1. The average Bonchev–Trinajstić information content (AvgIpc) is 3.46. The minimum Gasteiger partial charge on any atom is -0.392 e. The van der Waals surface area contributed by atoms with Crippen LogP contribution in [0.3, 0.4) is 0 Å². The maximum absolute atomic E-state index is 12.2. The predicted molar refractivity (Wildman–Crippen MR) is 326 cm³/mol. The quantitative estimate of drug-likeness (QED) is 0.0776. The Hall–Kier alpha value is -8.82. The molecule has 8 rings (SSSR count). The van der Waals surface area contributed by atoms with Crippen molar-refractivity contribution in [1.82, 2.24) is 0 Å². The van der Waals surface area contributed by atoms with E-state index in [9.17, 15) is 52.9 Å². The van der Waals surface area contributed by atoms with Crippen molar-refractivity contribution in [1.29, 1.82) is 0 Å². The zero-order valence-corrected chi connectivity index (χ0v) is 49.7. The van der Waals surface area contributed by atoms with E-state index in [-0.39, 0.29) is 64.4 Å². The maximum Gasteiger partial charge on any atom is 0.269 e. The van der Waals surface area contributed by atoms with Gasteiger partial charge in [0.25, 0.3) is 5.69 Å². The number of nitro benzene ring substituents is 1. The van der Waals surface area contributed by atoms with E-state index in [2.05, 4.69) is 15.9 Å². The molecule has 8 aromatic carbocycles. The van der Waals surface area contributed by atoms with Crippen molar-refractivity contribution in [3.05, 3.63) is 287 Å². The van der Waals surface area contributed by atoms with Crippen molar-refractivity contribution in [3.63, 3.8) is 0 Å². The largest absolute Gasteiger partial charge is 0.392 e. The van der Waals surface area contributed by atoms with E-state index >= 15 is 0 Å². The van der Waals surface area contributed by atoms with Crippen LogP contribution in [-0.4, -0.2) is 56.3 Å². The second-order valence-electron chi connectivity index (χ2n) is 17.7. The molecular formula is C67H66BrClFNO11. The number of rotatable bonds is 10. The molecule has 15 heteroatoms. The maximum atomic E-state index is 12.2. The highest BCUT2D eigenvalue weighted by Crippen LogP contribution is 2.14. The number of benzene rings is 8. The molecule has 0 radical (unpaired) electrons. The fourth-order valence-corrected chi connectivity index (χ4v) is 6.36. The number of hydrogen-bond acceptors (Lipinski definition) is 11. The minimum absolute atomic E-state index is 0.000000000000000222. The van der Waals surface area contributed by atoms with Crippen LogP contribution in [0.15, 0.2) is 205 Å². The first-order valence-corrected chi connectivity index (χ1v) is 26.3. The molecule has 0 aromatic heterocycles. The van der Waals surface area contributed by atoms with Crippen molar-refractivity contribution in [3.8, 4) is 0 Å². The highest BCUT2D eigenvalue weighted by molar-refractivity contribution is 9.10. The van der Waals surface area contributed by atoms with Gasteiger partial charge in [0, 0.05) is 66.1 Å². The van der Waals surface area contributed by atoms with Gasteiger partial charge in [-0.3, -0.25) is 48.5 Å². The van der Waals surface area contributed by atoms with E-state index in [1.165, 1.54) is 87.4 Å². The van der Waals surface area contributed by atoms with Crippen molar-refractivity contribution in [2.45, 2.75) is 75.8 Å². The average molecular weight is 1200 g/mol. The van der Waals surface area contributed by atoms with Gasteiger partial charge >= 0.3 is 0 Å². The molecule has 1 N–H and O–H groups in total. The smallest absolute Gasteiger partial charge is 0.269 e. The number of halogens is 3. The Morgan fingerprint density at radius 2 is 0.646 bits per heavy atom. The summed E-state index contributed by atoms with van der Waals surface area (Å²) in [7, 11) is 0. The number of aliphatic hydroxyl groups excluding tert-OH is 1. The third-order valence-electron chi connectivity index (χ3n) is 10.9. The van der Waals surface area contributed by atoms with Crippen molar-refractivity contribution in [2.75, 3.05) is 0 Å². The Labute approximate surface area is 492 Å². The molecule has 0 aliphatic carbocycles. The Morgan fingerprint density at radius 1 is 0.402 bits per heavy atom. The molecule has 0 saturated carbocycles. The van der Waals surface area contributed by atoms with E-state index in [0.717, 1.165) is 32.3 Å². The summed E-state index contributed by atoms with van der Waals surface area (Å²) in [6.45, 7) is 16.2. The third-order valence-corrected chi connectivity index (χ3v) is 11.7. The standard InChI is InChI=1S/C9H10O2.2C9H10O.C8H7BrO.C8H7ClO.C8H7FO.C8H7NO3.C8H8O/c1-7(11)9-4-2-8(6-10)3-5-9;2*1-7-3-5-9(6-4-7)8(2)10;3*1-6(10)7-2-4-8(9)5-3-7;1-6(10)7-2-4-8(5-3-7)9(11)12;1-7(9)8-5-3-2-4-6-8/h2-5,10H,6H2,1H3;2*3-6H,1-2H3;3*2-5H,1H3;2-5H,1H3;2-6H,1H3. The summed E-state index contributed by atoms with van der Waals surface area (Å²) in [5.41, 5.74) is 8.70. The van der Waals surface area contributed by atoms with Crippen LogP contribution in [0.25, 0.3) is 0 Å². The van der Waals surface area contributed by atoms with E-state index < -0.39 is 4.92 Å². The Kier molecular flexibility index (Phi) is 33.6. The number of carbonyl (C=O) groups excluding carboxylic acids is 8. The fraction of sp³-hybridized carbons (Fsp3) is 0.164. The Bertz CT molecular complexity index is 2960. The number of carbonyl (C=O) groups is 8. The first kappa shape index (κ1) is 71.2. The molecule has 8 aromatic rings. The second kappa shape index (κ2) is 38.7. The molecule has 0 aliphatic heterocycles. The van der Waals surface area contributed by atoms with Crippen LogP contribution in [0.4, 0.5) is 10.1 Å². The lowest BCUT2D eigenvalue weighted by atomic mass is 10.1. The Morgan fingerprint density at radius 3 is 0.915 bits per heavy atom. The van der Waals surface area contributed by atoms with Crippen LogP contribution >= 0.6 is 27.5 Å². The molecule has 0 heterocycles. The SMILES string of the molecule is CC(=O)c1ccc(Br)cc1.CC(=O)c1ccc(C)cc1.CC(=O)c1ccc(C)cc1.CC(=O)c1ccc(CO)cc1.CC(=O)c1ccc(Cl)cc1.CC(=O)c1ccc(F)cc1.CC(=O)c1ccc([N+](=O)[O-])cc1.CC(=O)c1ccccc1. The highest BCUT2D eigenvalue weighted by Gasteiger charge is 2.06. The van der Waals surface area contributed by atoms with E-state index in [4.69, 9.17) is 16.7 Å². The molecule has 0 bridgehead atoms. The highest BCUT2D eigenvalue weighted by atomic mass is 79.9. The molecule has 0 atom stereocenters. The van der Waals surface area contributed by atoms with Gasteiger partial charge in [-0.1, -0.05) is 154 Å². The van der Waals surface area contributed by atoms with Crippen LogP contribution in [0, 0.1) is 29.8 Å². The lowest BCUT2D eigenvalue weighted by Gasteiger charge is -1.96. The molecule has 0 aliphatic rings. The number of Topliss-reactive ketones (excluding diaryl/α,β-unsaturated/α-hetero) is 8.